The van der Waals surface area contributed by atoms with Crippen molar-refractivity contribution in [1.29, 1.82) is 0 Å². The van der Waals surface area contributed by atoms with E-state index in [-0.39, 0.29) is 30.1 Å². The number of guanidine groups is 1. The summed E-state index contributed by atoms with van der Waals surface area (Å²) in [6, 6.07) is 10.4. The highest BCUT2D eigenvalue weighted by Crippen LogP contribution is 2.24. The summed E-state index contributed by atoms with van der Waals surface area (Å²) in [5.74, 6) is 0.981. The molecule has 0 saturated carbocycles. The van der Waals surface area contributed by atoms with Gasteiger partial charge in [-0.3, -0.25) is 9.67 Å². The molecule has 6 nitrogen and oxygen atoms in total. The fourth-order valence-electron chi connectivity index (χ4n) is 3.25. The van der Waals surface area contributed by atoms with Crippen LogP contribution in [0.25, 0.3) is 0 Å². The molecular formula is C20H30IN5O. The third-order valence-electron chi connectivity index (χ3n) is 4.60. The van der Waals surface area contributed by atoms with Gasteiger partial charge in [-0.25, -0.2) is 0 Å². The van der Waals surface area contributed by atoms with E-state index in [9.17, 15) is 0 Å². The maximum atomic E-state index is 6.04. The van der Waals surface area contributed by atoms with Crippen LogP contribution >= 0.6 is 24.0 Å². The highest BCUT2D eigenvalue weighted by Gasteiger charge is 2.25. The molecule has 0 bridgehead atoms. The van der Waals surface area contributed by atoms with Crippen molar-refractivity contribution in [3.05, 3.63) is 53.9 Å². The summed E-state index contributed by atoms with van der Waals surface area (Å²) in [5.41, 5.74) is 2.55. The van der Waals surface area contributed by atoms with Gasteiger partial charge >= 0.3 is 0 Å². The second kappa shape index (κ2) is 11.3. The minimum atomic E-state index is 0. The molecule has 1 unspecified atom stereocenters. The van der Waals surface area contributed by atoms with Crippen LogP contribution in [0, 0.1) is 6.92 Å². The molecule has 1 aromatic heterocycles. The van der Waals surface area contributed by atoms with Crippen LogP contribution in [0.1, 0.15) is 30.6 Å². The van der Waals surface area contributed by atoms with Crippen molar-refractivity contribution in [1.82, 2.24) is 20.0 Å². The number of hydrogen-bond acceptors (Lipinski definition) is 3. The van der Waals surface area contributed by atoms with Gasteiger partial charge in [-0.2, -0.15) is 5.10 Å². The van der Waals surface area contributed by atoms with E-state index < -0.39 is 0 Å². The van der Waals surface area contributed by atoms with E-state index in [4.69, 9.17) is 9.73 Å². The number of ether oxygens (including phenoxy) is 1. The average molecular weight is 483 g/mol. The van der Waals surface area contributed by atoms with Crippen molar-refractivity contribution in [3.63, 3.8) is 0 Å². The van der Waals surface area contributed by atoms with Crippen LogP contribution in [0.3, 0.4) is 0 Å². The Morgan fingerprint density at radius 2 is 2.19 bits per heavy atom. The molecule has 3 rings (SSSR count). The second-order valence-electron chi connectivity index (χ2n) is 6.52. The first-order valence-corrected chi connectivity index (χ1v) is 9.45. The fourth-order valence-corrected chi connectivity index (χ4v) is 3.25. The third-order valence-corrected chi connectivity index (χ3v) is 4.60. The largest absolute Gasteiger partial charge is 0.370 e. The summed E-state index contributed by atoms with van der Waals surface area (Å²) in [7, 11) is 0. The molecule has 2 aromatic rings. The van der Waals surface area contributed by atoms with Gasteiger partial charge in [0.05, 0.1) is 13.2 Å². The smallest absolute Gasteiger partial charge is 0.194 e. The van der Waals surface area contributed by atoms with Gasteiger partial charge in [-0.05, 0) is 37.5 Å². The number of halogens is 1. The Labute approximate surface area is 179 Å². The van der Waals surface area contributed by atoms with Crippen LogP contribution in [-0.4, -0.2) is 53.4 Å². The minimum Gasteiger partial charge on any atom is -0.370 e. The first-order valence-electron chi connectivity index (χ1n) is 9.45. The molecule has 1 saturated heterocycles. The van der Waals surface area contributed by atoms with E-state index in [1.54, 1.807) is 0 Å². The molecule has 148 valence electrons. The van der Waals surface area contributed by atoms with E-state index >= 15 is 0 Å². The first-order chi connectivity index (χ1) is 12.8. The standard InChI is InChI=1S/C20H29N5O.HI/c1-3-21-20(22-10-6-12-25-13-7-11-23-25)24-14-15-26-19(16-24)18-9-5-4-8-17(18)2;/h4-5,7-9,11,13,19H,3,6,10,12,14-16H2,1-2H3,(H,21,22);1H. The molecule has 2 heterocycles. The Hall–Kier alpha value is -1.61. The molecule has 0 radical (unpaired) electrons. The second-order valence-corrected chi connectivity index (χ2v) is 6.52. The van der Waals surface area contributed by atoms with E-state index in [0.717, 1.165) is 51.7 Å². The summed E-state index contributed by atoms with van der Waals surface area (Å²) in [6.07, 6.45) is 4.87. The quantitative estimate of drug-likeness (QED) is 0.297. The Kier molecular flexibility index (Phi) is 9.06. The van der Waals surface area contributed by atoms with Gasteiger partial charge in [-0.15, -0.1) is 24.0 Å². The maximum Gasteiger partial charge on any atom is 0.194 e. The number of benzene rings is 1. The van der Waals surface area contributed by atoms with Crippen LogP contribution in [0.2, 0.25) is 0 Å². The number of rotatable bonds is 6. The Morgan fingerprint density at radius 3 is 2.93 bits per heavy atom. The number of morpholine rings is 1. The Bertz CT molecular complexity index is 704. The molecule has 1 aliphatic rings. The van der Waals surface area contributed by atoms with Crippen molar-refractivity contribution < 1.29 is 4.74 Å². The lowest BCUT2D eigenvalue weighted by atomic mass is 10.0. The van der Waals surface area contributed by atoms with Gasteiger partial charge in [0.1, 0.15) is 6.10 Å². The van der Waals surface area contributed by atoms with Crippen molar-refractivity contribution in [3.8, 4) is 0 Å². The predicted octanol–water partition coefficient (Wildman–Crippen LogP) is 3.24. The van der Waals surface area contributed by atoms with Crippen molar-refractivity contribution in [2.24, 2.45) is 4.99 Å². The van der Waals surface area contributed by atoms with Crippen LogP contribution in [-0.2, 0) is 11.3 Å². The lowest BCUT2D eigenvalue weighted by molar-refractivity contribution is -0.00832. The predicted molar refractivity (Wildman–Crippen MR) is 120 cm³/mol. The van der Waals surface area contributed by atoms with E-state index in [0.29, 0.717) is 0 Å². The molecule has 1 aliphatic heterocycles. The highest BCUT2D eigenvalue weighted by atomic mass is 127. The first kappa shape index (κ1) is 21.7. The fraction of sp³-hybridized carbons (Fsp3) is 0.500. The molecular weight excluding hydrogens is 453 g/mol. The van der Waals surface area contributed by atoms with Crippen molar-refractivity contribution in [2.75, 3.05) is 32.8 Å². The molecule has 0 amide bonds. The zero-order valence-corrected chi connectivity index (χ0v) is 18.5. The number of aryl methyl sites for hydroxylation is 2. The molecule has 1 N–H and O–H groups in total. The number of nitrogens with one attached hydrogen (secondary N) is 1. The average Bonchev–Trinajstić information content (AvgIpc) is 3.18. The van der Waals surface area contributed by atoms with Gasteiger partial charge in [0.25, 0.3) is 0 Å². The van der Waals surface area contributed by atoms with E-state index in [1.807, 2.05) is 23.1 Å². The number of nitrogens with zero attached hydrogens (tertiary/aromatic N) is 4. The SMILES string of the molecule is CCNC(=NCCCn1cccn1)N1CCOC(c2ccccc2C)C1.I. The normalized spacial score (nSPS) is 17.5. The zero-order chi connectivity index (χ0) is 18.2. The lowest BCUT2D eigenvalue weighted by Gasteiger charge is -2.35. The summed E-state index contributed by atoms with van der Waals surface area (Å²) in [4.78, 5) is 7.14. The molecule has 1 fully saturated rings. The van der Waals surface area contributed by atoms with Crippen molar-refractivity contribution >= 4 is 29.9 Å². The minimum absolute atomic E-state index is 0. The summed E-state index contributed by atoms with van der Waals surface area (Å²) < 4.78 is 7.99. The topological polar surface area (TPSA) is 54.7 Å². The number of aromatic nitrogens is 2. The van der Waals surface area contributed by atoms with Crippen LogP contribution in [0.4, 0.5) is 0 Å². The summed E-state index contributed by atoms with van der Waals surface area (Å²) in [6.45, 7) is 9.22. The molecule has 27 heavy (non-hydrogen) atoms. The van der Waals surface area contributed by atoms with Crippen LogP contribution in [0.15, 0.2) is 47.7 Å². The zero-order valence-electron chi connectivity index (χ0n) is 16.2. The molecule has 0 spiro atoms. The van der Waals surface area contributed by atoms with Crippen LogP contribution in [0.5, 0.6) is 0 Å². The van der Waals surface area contributed by atoms with Gasteiger partial charge in [-0.1, -0.05) is 24.3 Å². The van der Waals surface area contributed by atoms with Gasteiger partial charge < -0.3 is 15.0 Å². The third kappa shape index (κ3) is 6.21. The van der Waals surface area contributed by atoms with Gasteiger partial charge in [0.15, 0.2) is 5.96 Å². The summed E-state index contributed by atoms with van der Waals surface area (Å²) in [5, 5.41) is 7.67. The van der Waals surface area contributed by atoms with Gasteiger partial charge in [0, 0.05) is 38.6 Å². The van der Waals surface area contributed by atoms with E-state index in [2.05, 4.69) is 53.4 Å². The Balaban J connectivity index is 0.00000261. The molecule has 1 atom stereocenters. The van der Waals surface area contributed by atoms with E-state index in [1.165, 1.54) is 11.1 Å². The monoisotopic (exact) mass is 483 g/mol. The maximum absolute atomic E-state index is 6.04. The van der Waals surface area contributed by atoms with Gasteiger partial charge in [0.2, 0.25) is 0 Å². The lowest BCUT2D eigenvalue weighted by Crippen LogP contribution is -2.48. The molecule has 7 heteroatoms. The summed E-state index contributed by atoms with van der Waals surface area (Å²) >= 11 is 0. The number of aliphatic imine (C=N–C) groups is 1. The molecule has 1 aromatic carbocycles. The molecule has 0 aliphatic carbocycles. The van der Waals surface area contributed by atoms with Crippen molar-refractivity contribution in [2.45, 2.75) is 32.9 Å². The van der Waals surface area contributed by atoms with Crippen LogP contribution < -0.4 is 5.32 Å². The Morgan fingerprint density at radius 1 is 1.33 bits per heavy atom. The highest BCUT2D eigenvalue weighted by molar-refractivity contribution is 14.0. The number of hydrogen-bond donors (Lipinski definition) is 1.